The Kier molecular flexibility index (Phi) is 5.92. The molecule has 1 fully saturated rings. The second-order valence-electron chi connectivity index (χ2n) is 5.19. The maximum atomic E-state index is 13.6. The zero-order valence-corrected chi connectivity index (χ0v) is 13.1. The summed E-state index contributed by atoms with van der Waals surface area (Å²) in [6, 6.07) is 3.26. The van der Waals surface area contributed by atoms with Crippen LogP contribution in [0.15, 0.2) is 18.2 Å². The summed E-state index contributed by atoms with van der Waals surface area (Å²) in [6.45, 7) is 0.223. The van der Waals surface area contributed by atoms with Crippen molar-refractivity contribution in [2.24, 2.45) is 0 Å². The van der Waals surface area contributed by atoms with Gasteiger partial charge in [-0.1, -0.05) is 17.7 Å². The summed E-state index contributed by atoms with van der Waals surface area (Å²) >= 11 is 5.78. The highest BCUT2D eigenvalue weighted by atomic mass is 35.5. The molecule has 1 saturated heterocycles. The van der Waals surface area contributed by atoms with Gasteiger partial charge in [0, 0.05) is 6.54 Å². The first kappa shape index (κ1) is 17.2. The van der Waals surface area contributed by atoms with E-state index in [1.165, 1.54) is 12.1 Å². The summed E-state index contributed by atoms with van der Waals surface area (Å²) in [5, 5.41) is 7.51. The van der Waals surface area contributed by atoms with E-state index in [-0.39, 0.29) is 23.0 Å². The topological polar surface area (TPSA) is 87.3 Å². The predicted molar refractivity (Wildman–Crippen MR) is 82.5 cm³/mol. The van der Waals surface area contributed by atoms with Crippen LogP contribution in [0.2, 0.25) is 5.02 Å². The first-order valence-electron chi connectivity index (χ1n) is 7.28. The number of halogens is 2. The fourth-order valence-corrected chi connectivity index (χ4v) is 2.53. The van der Waals surface area contributed by atoms with Crippen molar-refractivity contribution in [2.75, 3.05) is 13.1 Å². The van der Waals surface area contributed by atoms with Crippen LogP contribution in [-0.2, 0) is 9.59 Å². The minimum Gasteiger partial charge on any atom is -0.354 e. The van der Waals surface area contributed by atoms with Gasteiger partial charge in [-0.3, -0.25) is 14.4 Å². The molecule has 3 amide bonds. The van der Waals surface area contributed by atoms with Crippen molar-refractivity contribution in [2.45, 2.75) is 25.3 Å². The maximum Gasteiger partial charge on any atom is 0.256 e. The lowest BCUT2D eigenvalue weighted by atomic mass is 10.1. The molecule has 0 aliphatic carbocycles. The van der Waals surface area contributed by atoms with Gasteiger partial charge in [-0.15, -0.1) is 0 Å². The average molecular weight is 342 g/mol. The Morgan fingerprint density at radius 2 is 2.13 bits per heavy atom. The zero-order chi connectivity index (χ0) is 16.8. The first-order valence-corrected chi connectivity index (χ1v) is 7.66. The van der Waals surface area contributed by atoms with Crippen molar-refractivity contribution in [1.29, 1.82) is 0 Å². The van der Waals surface area contributed by atoms with E-state index in [0.29, 0.717) is 13.0 Å². The van der Waals surface area contributed by atoms with Crippen LogP contribution in [0, 0.1) is 5.82 Å². The molecule has 0 radical (unpaired) electrons. The maximum absolute atomic E-state index is 13.6. The Labute approximate surface area is 137 Å². The van der Waals surface area contributed by atoms with E-state index in [1.54, 1.807) is 0 Å². The van der Waals surface area contributed by atoms with E-state index < -0.39 is 23.7 Å². The van der Waals surface area contributed by atoms with Gasteiger partial charge in [0.05, 0.1) is 17.1 Å². The molecule has 1 unspecified atom stereocenters. The predicted octanol–water partition coefficient (Wildman–Crippen LogP) is 0.994. The molecule has 1 atom stereocenters. The third kappa shape index (κ3) is 4.66. The van der Waals surface area contributed by atoms with E-state index in [4.69, 9.17) is 11.6 Å². The van der Waals surface area contributed by atoms with Gasteiger partial charge in [-0.05, 0) is 31.4 Å². The molecule has 2 rings (SSSR count). The largest absolute Gasteiger partial charge is 0.354 e. The second-order valence-corrected chi connectivity index (χ2v) is 5.59. The third-order valence-electron chi connectivity index (χ3n) is 3.47. The second kappa shape index (κ2) is 7.92. The molecular formula is C15H17ClFN3O3. The minimum atomic E-state index is -0.784. The van der Waals surface area contributed by atoms with E-state index >= 15 is 0 Å². The van der Waals surface area contributed by atoms with Crippen LogP contribution in [-0.4, -0.2) is 36.9 Å². The Balaban J connectivity index is 1.89. The Morgan fingerprint density at radius 1 is 1.35 bits per heavy atom. The lowest BCUT2D eigenvalue weighted by Crippen LogP contribution is -2.48. The van der Waals surface area contributed by atoms with Gasteiger partial charge in [0.15, 0.2) is 0 Å². The zero-order valence-electron chi connectivity index (χ0n) is 12.3. The molecule has 0 saturated carbocycles. The molecule has 1 heterocycles. The lowest BCUT2D eigenvalue weighted by Gasteiger charge is -2.15. The van der Waals surface area contributed by atoms with Crippen LogP contribution >= 0.6 is 11.6 Å². The molecule has 0 aromatic heterocycles. The molecule has 1 aromatic rings. The number of rotatable bonds is 4. The summed E-state index contributed by atoms with van der Waals surface area (Å²) in [6.07, 6.45) is 2.23. The Morgan fingerprint density at radius 3 is 2.87 bits per heavy atom. The summed E-state index contributed by atoms with van der Waals surface area (Å²) in [5.41, 5.74) is -0.311. The Hall–Kier alpha value is -2.15. The standard InChI is InChI=1S/C15H17ClFN3O3/c16-9-4-3-5-10(17)13(9)15(23)19-8-12(21)20-11-6-1-2-7-18-14(11)22/h3-5,11H,1-2,6-8H2,(H,18,22)(H,19,23)(H,20,21). The third-order valence-corrected chi connectivity index (χ3v) is 3.78. The molecular weight excluding hydrogens is 325 g/mol. The van der Waals surface area contributed by atoms with Crippen LogP contribution in [0.3, 0.4) is 0 Å². The molecule has 1 aliphatic heterocycles. The van der Waals surface area contributed by atoms with E-state index in [2.05, 4.69) is 16.0 Å². The SMILES string of the molecule is O=C(CNC(=O)c1c(F)cccc1Cl)NC1CCCCNC1=O. The van der Waals surface area contributed by atoms with Gasteiger partial charge in [-0.25, -0.2) is 4.39 Å². The number of hydrogen-bond acceptors (Lipinski definition) is 3. The summed E-state index contributed by atoms with van der Waals surface area (Å²) in [7, 11) is 0. The molecule has 3 N–H and O–H groups in total. The van der Waals surface area contributed by atoms with Crippen LogP contribution < -0.4 is 16.0 Å². The highest BCUT2D eigenvalue weighted by Gasteiger charge is 2.23. The fraction of sp³-hybridized carbons (Fsp3) is 0.400. The molecule has 1 aliphatic rings. The van der Waals surface area contributed by atoms with Crippen molar-refractivity contribution in [3.8, 4) is 0 Å². The van der Waals surface area contributed by atoms with E-state index in [0.717, 1.165) is 18.9 Å². The van der Waals surface area contributed by atoms with Crippen LogP contribution in [0.5, 0.6) is 0 Å². The molecule has 1 aromatic carbocycles. The average Bonchev–Trinajstić information content (AvgIpc) is 2.70. The quantitative estimate of drug-likeness (QED) is 0.763. The van der Waals surface area contributed by atoms with Crippen LogP contribution in [0.4, 0.5) is 4.39 Å². The summed E-state index contributed by atoms with van der Waals surface area (Å²) < 4.78 is 13.6. The number of amides is 3. The van der Waals surface area contributed by atoms with Crippen molar-refractivity contribution >= 4 is 29.3 Å². The fourth-order valence-electron chi connectivity index (χ4n) is 2.29. The van der Waals surface area contributed by atoms with E-state index in [1.807, 2.05) is 0 Å². The molecule has 0 bridgehead atoms. The van der Waals surface area contributed by atoms with Gasteiger partial charge in [0.25, 0.3) is 5.91 Å². The molecule has 124 valence electrons. The highest BCUT2D eigenvalue weighted by Crippen LogP contribution is 2.18. The number of carbonyl (C=O) groups excluding carboxylic acids is 3. The van der Waals surface area contributed by atoms with Crippen molar-refractivity contribution in [3.05, 3.63) is 34.6 Å². The van der Waals surface area contributed by atoms with Crippen molar-refractivity contribution in [3.63, 3.8) is 0 Å². The minimum absolute atomic E-state index is 0.0361. The number of nitrogens with one attached hydrogen (secondary N) is 3. The molecule has 0 spiro atoms. The summed E-state index contributed by atoms with van der Waals surface area (Å²) in [4.78, 5) is 35.5. The van der Waals surface area contributed by atoms with Gasteiger partial charge in [0.1, 0.15) is 11.9 Å². The van der Waals surface area contributed by atoms with Gasteiger partial charge in [0.2, 0.25) is 11.8 Å². The van der Waals surface area contributed by atoms with Crippen LogP contribution in [0.1, 0.15) is 29.6 Å². The number of hydrogen-bond donors (Lipinski definition) is 3. The Bertz CT molecular complexity index is 604. The van der Waals surface area contributed by atoms with Crippen molar-refractivity contribution < 1.29 is 18.8 Å². The normalized spacial score (nSPS) is 17.8. The molecule has 8 heteroatoms. The van der Waals surface area contributed by atoms with Gasteiger partial charge in [-0.2, -0.15) is 0 Å². The monoisotopic (exact) mass is 341 g/mol. The molecule has 6 nitrogen and oxygen atoms in total. The summed E-state index contributed by atoms with van der Waals surface area (Å²) in [5.74, 6) is -2.31. The van der Waals surface area contributed by atoms with Crippen molar-refractivity contribution in [1.82, 2.24) is 16.0 Å². The van der Waals surface area contributed by atoms with E-state index in [9.17, 15) is 18.8 Å². The van der Waals surface area contributed by atoms with Gasteiger partial charge < -0.3 is 16.0 Å². The smallest absolute Gasteiger partial charge is 0.256 e. The first-order chi connectivity index (χ1) is 11.0. The number of benzene rings is 1. The number of carbonyl (C=O) groups is 3. The lowest BCUT2D eigenvalue weighted by molar-refractivity contribution is -0.128. The highest BCUT2D eigenvalue weighted by molar-refractivity contribution is 6.33. The van der Waals surface area contributed by atoms with Crippen LogP contribution in [0.25, 0.3) is 0 Å². The van der Waals surface area contributed by atoms with Gasteiger partial charge >= 0.3 is 0 Å². The molecule has 23 heavy (non-hydrogen) atoms.